The third-order valence-electron chi connectivity index (χ3n) is 5.68. The maximum absolute atomic E-state index is 11.9. The van der Waals surface area contributed by atoms with Crippen LogP contribution in [-0.4, -0.2) is 178 Å². The highest BCUT2D eigenvalue weighted by Gasteiger charge is 2.65. The Labute approximate surface area is 308 Å². The summed E-state index contributed by atoms with van der Waals surface area (Å²) in [7, 11) is -48.3. The summed E-state index contributed by atoms with van der Waals surface area (Å²) in [5.41, 5.74) is 0. The molecule has 2 aliphatic rings. The molecular formula is C12H22O35S8. The van der Waals surface area contributed by atoms with Gasteiger partial charge in [0.25, 0.3) is 0 Å². The van der Waals surface area contributed by atoms with Crippen molar-refractivity contribution in [1.29, 1.82) is 0 Å². The molecule has 0 saturated carbocycles. The zero-order valence-corrected chi connectivity index (χ0v) is 31.6. The molecule has 8 N–H and O–H groups in total. The van der Waals surface area contributed by atoms with E-state index in [-0.39, 0.29) is 0 Å². The first-order valence-corrected chi connectivity index (χ1v) is 23.2. The third kappa shape index (κ3) is 18.1. The van der Waals surface area contributed by atoms with Gasteiger partial charge in [0.05, 0.1) is 13.2 Å². The summed E-state index contributed by atoms with van der Waals surface area (Å²) in [5.74, 6) is -4.12. The topological polar surface area (TPSA) is 536 Å². The van der Waals surface area contributed by atoms with Crippen molar-refractivity contribution < 1.29 is 151 Å². The molecule has 0 aromatic rings. The van der Waals surface area contributed by atoms with Gasteiger partial charge >= 0.3 is 83.2 Å². The minimum Gasteiger partial charge on any atom is -0.341 e. The van der Waals surface area contributed by atoms with Gasteiger partial charge in [0, 0.05) is 0 Å². The summed E-state index contributed by atoms with van der Waals surface area (Å²) in [6.07, 6.45) is -26.0. The predicted molar refractivity (Wildman–Crippen MR) is 152 cm³/mol. The maximum Gasteiger partial charge on any atom is 0.397 e. The van der Waals surface area contributed by atoms with E-state index < -0.39 is 158 Å². The lowest BCUT2D eigenvalue weighted by atomic mass is 9.99. The van der Waals surface area contributed by atoms with E-state index in [1.54, 1.807) is 0 Å². The van der Waals surface area contributed by atoms with E-state index in [9.17, 15) is 94.7 Å². The van der Waals surface area contributed by atoms with Crippen LogP contribution in [-0.2, 0) is 131 Å². The van der Waals surface area contributed by atoms with Crippen molar-refractivity contribution in [2.24, 2.45) is 0 Å². The lowest BCUT2D eigenvalue weighted by Gasteiger charge is -2.45. The third-order valence-corrected chi connectivity index (χ3v) is 9.28. The molecule has 0 unspecified atom stereocenters. The van der Waals surface area contributed by atoms with E-state index in [1.165, 1.54) is 0 Å². The molecule has 2 aliphatic heterocycles. The molecule has 0 aromatic heterocycles. The summed E-state index contributed by atoms with van der Waals surface area (Å²) in [5, 5.41) is 0. The molecule has 0 amide bonds. The van der Waals surface area contributed by atoms with Gasteiger partial charge in [0.15, 0.2) is 18.5 Å². The van der Waals surface area contributed by atoms with E-state index in [4.69, 9.17) is 23.3 Å². The summed E-state index contributed by atoms with van der Waals surface area (Å²) in [4.78, 5) is 0. The highest BCUT2D eigenvalue weighted by Crippen LogP contribution is 2.42. The fourth-order valence-electron chi connectivity index (χ4n) is 4.24. The summed E-state index contributed by atoms with van der Waals surface area (Å²) in [6.45, 7) is -6.25. The van der Waals surface area contributed by atoms with Crippen molar-refractivity contribution >= 4 is 83.2 Å². The van der Waals surface area contributed by atoms with Crippen LogP contribution >= 0.6 is 0 Å². The lowest BCUT2D eigenvalue weighted by Crippen LogP contribution is -2.65. The van der Waals surface area contributed by atoms with Crippen molar-refractivity contribution in [2.45, 2.75) is 54.8 Å². The zero-order valence-electron chi connectivity index (χ0n) is 25.1. The number of rotatable bonds is 21. The largest absolute Gasteiger partial charge is 0.397 e. The first-order valence-electron chi connectivity index (χ1n) is 12.3. The van der Waals surface area contributed by atoms with Crippen LogP contribution in [0.2, 0.25) is 0 Å². The Hall–Kier alpha value is -1.16. The fourth-order valence-corrected chi connectivity index (χ4v) is 7.68. The molecule has 0 aliphatic carbocycles. The molecule has 0 radical (unpaired) electrons. The Kier molecular flexibility index (Phi) is 15.6. The van der Waals surface area contributed by atoms with Gasteiger partial charge in [0.1, 0.15) is 37.1 Å². The second-order valence-corrected chi connectivity index (χ2v) is 18.2. The van der Waals surface area contributed by atoms with Gasteiger partial charge in [-0.3, -0.25) is 36.4 Å². The minimum atomic E-state index is -6.24. The van der Waals surface area contributed by atoms with Crippen LogP contribution in [0.5, 0.6) is 0 Å². The van der Waals surface area contributed by atoms with Gasteiger partial charge in [-0.15, -0.1) is 0 Å². The van der Waals surface area contributed by atoms with Crippen molar-refractivity contribution in [1.82, 2.24) is 0 Å². The molecule has 35 nitrogen and oxygen atoms in total. The van der Waals surface area contributed by atoms with E-state index in [2.05, 4.69) is 33.5 Å². The first-order chi connectivity index (χ1) is 24.2. The van der Waals surface area contributed by atoms with Crippen molar-refractivity contribution in [3.05, 3.63) is 0 Å². The molecule has 328 valence electrons. The van der Waals surface area contributed by atoms with Crippen molar-refractivity contribution in [2.75, 3.05) is 19.8 Å². The molecule has 43 heteroatoms. The fraction of sp³-hybridized carbons (Fsp3) is 1.00. The van der Waals surface area contributed by atoms with Crippen LogP contribution in [0, 0.1) is 0 Å². The predicted octanol–water partition coefficient (Wildman–Crippen LogP) is -6.78. The van der Waals surface area contributed by atoms with E-state index in [1.807, 2.05) is 0 Å². The lowest BCUT2D eigenvalue weighted by molar-refractivity contribution is -0.374. The second kappa shape index (κ2) is 17.2. The Balaban J connectivity index is 3.07. The Morgan fingerprint density at radius 2 is 0.782 bits per heavy atom. The second-order valence-electron chi connectivity index (χ2n) is 9.64. The quantitative estimate of drug-likeness (QED) is 0.0496. The summed E-state index contributed by atoms with van der Waals surface area (Å²) < 4.78 is 307. The molecule has 2 fully saturated rings. The van der Waals surface area contributed by atoms with Gasteiger partial charge in [-0.2, -0.15) is 67.3 Å². The minimum absolute atomic E-state index is 1.92. The Morgan fingerprint density at radius 1 is 0.418 bits per heavy atom. The normalized spacial score (nSPS) is 30.7. The van der Waals surface area contributed by atoms with Crippen LogP contribution < -0.4 is 0 Å². The molecule has 0 aromatic carbocycles. The molecule has 9 atom stereocenters. The highest BCUT2D eigenvalue weighted by molar-refractivity contribution is 7.82. The average molecular weight is 983 g/mol. The number of ether oxygens (including phenoxy) is 3. The molecule has 2 saturated heterocycles. The van der Waals surface area contributed by atoms with E-state index >= 15 is 0 Å². The van der Waals surface area contributed by atoms with Crippen LogP contribution in [0.3, 0.4) is 0 Å². The smallest absolute Gasteiger partial charge is 0.341 e. The monoisotopic (exact) mass is 982 g/mol. The van der Waals surface area contributed by atoms with E-state index in [0.717, 1.165) is 0 Å². The molecule has 0 spiro atoms. The van der Waals surface area contributed by atoms with Crippen LogP contribution in [0.15, 0.2) is 0 Å². The van der Waals surface area contributed by atoms with Gasteiger partial charge in [-0.25, -0.2) is 33.5 Å². The summed E-state index contributed by atoms with van der Waals surface area (Å²) in [6, 6.07) is 0. The van der Waals surface area contributed by atoms with Crippen LogP contribution in [0.25, 0.3) is 0 Å². The zero-order chi connectivity index (χ0) is 43.0. The van der Waals surface area contributed by atoms with Gasteiger partial charge in [0.2, 0.25) is 5.79 Å². The van der Waals surface area contributed by atoms with Crippen molar-refractivity contribution in [3.8, 4) is 0 Å². The molecule has 2 rings (SSSR count). The van der Waals surface area contributed by atoms with Crippen LogP contribution in [0.1, 0.15) is 0 Å². The summed E-state index contributed by atoms with van der Waals surface area (Å²) >= 11 is 0. The Bertz CT molecular complexity index is 2280. The first kappa shape index (κ1) is 50.0. The molecule has 0 bridgehead atoms. The van der Waals surface area contributed by atoms with Gasteiger partial charge in [-0.05, 0) is 0 Å². The molecular weight excluding hydrogens is 961 g/mol. The molecule has 2 heterocycles. The van der Waals surface area contributed by atoms with Gasteiger partial charge in [-0.1, -0.05) is 0 Å². The standard InChI is InChI=1S/C12H22O35S8/c13-48(14,15)37-1-4-6(43-51(22,23)24)8(45-53(28,29)30)9(46-54(31,32)33)11(40-4)42-12(3-39-50(19,20)21)10(47-55(34,35)36)7(44-52(25,26)27)5(41-12)2-38-49(16,17)18/h4-11H,1-3H2,(H,13,14,15)(H,16,17,18)(H,19,20,21)(H,22,23,24)(H,25,26,27)(H,28,29,30)(H,31,32,33)(H,34,35,36)/t4-,5-,6+,7+,8+,9-,10-,11+,12-/m0/s1. The van der Waals surface area contributed by atoms with E-state index in [0.29, 0.717) is 0 Å². The number of hydrogen-bond donors (Lipinski definition) is 8. The van der Waals surface area contributed by atoms with Crippen molar-refractivity contribution in [3.63, 3.8) is 0 Å². The SMILES string of the molecule is O=S(=O)(O)OC[C@@H]1O[C@@](COS(=O)(=O)O)(O[C@H]2O[C@@H](COS(=O)(=O)O)[C@@H](OS(=O)(=O)O)[C@@H](OS(=O)(=O)O)[C@@H]2OS(=O)(=O)O)[C@@H](OS(=O)(=O)O)[C@@H]1OS(=O)(=O)O. The van der Waals surface area contributed by atoms with Gasteiger partial charge < -0.3 is 14.2 Å². The molecule has 55 heavy (non-hydrogen) atoms. The van der Waals surface area contributed by atoms with Crippen LogP contribution in [0.4, 0.5) is 0 Å². The number of hydrogen-bond acceptors (Lipinski definition) is 27. The average Bonchev–Trinajstić information content (AvgIpc) is 3.15. The highest BCUT2D eigenvalue weighted by atomic mass is 32.3. The Morgan fingerprint density at radius 3 is 1.18 bits per heavy atom. The maximum atomic E-state index is 11.9.